The SMILES string of the molecule is CCCC(P)(CC)c1ccccc1OC. The summed E-state index contributed by atoms with van der Waals surface area (Å²) in [6.07, 6.45) is 3.48. The Morgan fingerprint density at radius 1 is 1.27 bits per heavy atom. The predicted octanol–water partition coefficient (Wildman–Crippen LogP) is 3.98. The van der Waals surface area contributed by atoms with E-state index in [4.69, 9.17) is 4.74 Å². The van der Waals surface area contributed by atoms with Crippen LogP contribution in [-0.4, -0.2) is 7.11 Å². The lowest BCUT2D eigenvalue weighted by Gasteiger charge is -2.29. The second-order valence-electron chi connectivity index (χ2n) is 3.96. The van der Waals surface area contributed by atoms with Gasteiger partial charge in [-0.15, -0.1) is 9.24 Å². The van der Waals surface area contributed by atoms with Crippen LogP contribution in [0, 0.1) is 0 Å². The monoisotopic (exact) mass is 224 g/mol. The fourth-order valence-corrected chi connectivity index (χ4v) is 2.53. The molecule has 0 aliphatic carbocycles. The highest BCUT2D eigenvalue weighted by atomic mass is 31.0. The maximum absolute atomic E-state index is 5.43. The molecule has 0 bridgehead atoms. The molecule has 0 saturated carbocycles. The van der Waals surface area contributed by atoms with Crippen molar-refractivity contribution >= 4 is 9.24 Å². The van der Waals surface area contributed by atoms with E-state index in [1.807, 2.05) is 12.1 Å². The number of rotatable bonds is 5. The summed E-state index contributed by atoms with van der Waals surface area (Å²) < 4.78 is 5.43. The summed E-state index contributed by atoms with van der Waals surface area (Å²) in [5.74, 6) is 1.00. The molecule has 84 valence electrons. The number of para-hydroxylation sites is 1. The molecule has 1 aromatic rings. The standard InChI is InChI=1S/C13H21OP/c1-4-10-13(15,5-2)11-8-6-7-9-12(11)14-3/h6-9H,4-5,10,15H2,1-3H3. The number of benzene rings is 1. The third-order valence-electron chi connectivity index (χ3n) is 2.97. The van der Waals surface area contributed by atoms with Crippen LogP contribution in [0.2, 0.25) is 0 Å². The molecule has 0 aromatic heterocycles. The van der Waals surface area contributed by atoms with Crippen molar-refractivity contribution in [1.82, 2.24) is 0 Å². The molecule has 0 aliphatic heterocycles. The third kappa shape index (κ3) is 2.72. The molecule has 1 aromatic carbocycles. The van der Waals surface area contributed by atoms with Gasteiger partial charge in [0, 0.05) is 10.7 Å². The Kier molecular flexibility index (Phi) is 4.60. The Balaban J connectivity index is 3.10. The molecular weight excluding hydrogens is 203 g/mol. The fraction of sp³-hybridized carbons (Fsp3) is 0.538. The van der Waals surface area contributed by atoms with Gasteiger partial charge < -0.3 is 4.74 Å². The van der Waals surface area contributed by atoms with Gasteiger partial charge in [0.2, 0.25) is 0 Å². The molecule has 0 N–H and O–H groups in total. The minimum atomic E-state index is 0.168. The van der Waals surface area contributed by atoms with Crippen molar-refractivity contribution in [2.75, 3.05) is 7.11 Å². The fourth-order valence-electron chi connectivity index (χ4n) is 2.00. The van der Waals surface area contributed by atoms with Gasteiger partial charge in [-0.25, -0.2) is 0 Å². The zero-order chi connectivity index (χ0) is 11.3. The Labute approximate surface area is 95.4 Å². The number of hydrogen-bond acceptors (Lipinski definition) is 1. The predicted molar refractivity (Wildman–Crippen MR) is 69.6 cm³/mol. The van der Waals surface area contributed by atoms with Crippen LogP contribution in [-0.2, 0) is 5.16 Å². The van der Waals surface area contributed by atoms with Crippen molar-refractivity contribution < 1.29 is 4.74 Å². The average molecular weight is 224 g/mol. The highest BCUT2D eigenvalue weighted by molar-refractivity contribution is 7.18. The van der Waals surface area contributed by atoms with Gasteiger partial charge in [0.05, 0.1) is 7.11 Å². The summed E-state index contributed by atoms with van der Waals surface area (Å²) in [4.78, 5) is 0. The van der Waals surface area contributed by atoms with Gasteiger partial charge in [0.15, 0.2) is 0 Å². The van der Waals surface area contributed by atoms with Gasteiger partial charge in [0.25, 0.3) is 0 Å². The van der Waals surface area contributed by atoms with Crippen molar-refractivity contribution in [2.45, 2.75) is 38.3 Å². The van der Waals surface area contributed by atoms with Crippen LogP contribution in [0.25, 0.3) is 0 Å². The minimum Gasteiger partial charge on any atom is -0.496 e. The Bertz CT molecular complexity index is 311. The summed E-state index contributed by atoms with van der Waals surface area (Å²) in [7, 11) is 4.75. The molecule has 2 unspecified atom stereocenters. The van der Waals surface area contributed by atoms with E-state index in [0.29, 0.717) is 0 Å². The first-order valence-electron chi connectivity index (χ1n) is 5.60. The van der Waals surface area contributed by atoms with E-state index in [1.54, 1.807) is 7.11 Å². The second-order valence-corrected chi connectivity index (χ2v) is 5.07. The lowest BCUT2D eigenvalue weighted by atomic mass is 9.90. The van der Waals surface area contributed by atoms with Crippen LogP contribution >= 0.6 is 9.24 Å². The van der Waals surface area contributed by atoms with E-state index >= 15 is 0 Å². The van der Waals surface area contributed by atoms with Gasteiger partial charge in [0.1, 0.15) is 5.75 Å². The Morgan fingerprint density at radius 3 is 2.47 bits per heavy atom. The van der Waals surface area contributed by atoms with Crippen molar-refractivity contribution in [3.8, 4) is 5.75 Å². The number of methoxy groups -OCH3 is 1. The molecule has 2 atom stereocenters. The molecule has 0 fully saturated rings. The summed E-state index contributed by atoms with van der Waals surface area (Å²) in [6, 6.07) is 8.32. The third-order valence-corrected chi connectivity index (χ3v) is 3.98. The van der Waals surface area contributed by atoms with Crippen molar-refractivity contribution in [2.24, 2.45) is 0 Å². The van der Waals surface area contributed by atoms with Crippen LogP contribution in [0.3, 0.4) is 0 Å². The summed E-state index contributed by atoms with van der Waals surface area (Å²) in [5, 5.41) is 0.168. The van der Waals surface area contributed by atoms with Crippen LogP contribution in [0.1, 0.15) is 38.7 Å². The van der Waals surface area contributed by atoms with Crippen LogP contribution < -0.4 is 4.74 Å². The van der Waals surface area contributed by atoms with Gasteiger partial charge in [-0.1, -0.05) is 38.5 Å². The number of hydrogen-bond donors (Lipinski definition) is 0. The molecular formula is C13H21OP. The van der Waals surface area contributed by atoms with Crippen LogP contribution in [0.5, 0.6) is 5.75 Å². The summed E-state index contributed by atoms with van der Waals surface area (Å²) in [5.41, 5.74) is 1.31. The lowest BCUT2D eigenvalue weighted by molar-refractivity contribution is 0.397. The molecule has 1 nitrogen and oxygen atoms in total. The minimum absolute atomic E-state index is 0.168. The van der Waals surface area contributed by atoms with Crippen LogP contribution in [0.4, 0.5) is 0 Å². The van der Waals surface area contributed by atoms with Crippen molar-refractivity contribution in [1.29, 1.82) is 0 Å². The first-order valence-corrected chi connectivity index (χ1v) is 6.18. The highest BCUT2D eigenvalue weighted by Crippen LogP contribution is 2.43. The largest absolute Gasteiger partial charge is 0.496 e. The van der Waals surface area contributed by atoms with Gasteiger partial charge in [-0.3, -0.25) is 0 Å². The van der Waals surface area contributed by atoms with E-state index in [2.05, 4.69) is 35.2 Å². The molecule has 15 heavy (non-hydrogen) atoms. The van der Waals surface area contributed by atoms with E-state index in [-0.39, 0.29) is 5.16 Å². The first-order chi connectivity index (χ1) is 7.18. The van der Waals surface area contributed by atoms with Crippen LogP contribution in [0.15, 0.2) is 24.3 Å². The van der Waals surface area contributed by atoms with Gasteiger partial charge in [-0.2, -0.15) is 0 Å². The first kappa shape index (κ1) is 12.5. The van der Waals surface area contributed by atoms with E-state index < -0.39 is 0 Å². The number of ether oxygens (including phenoxy) is 1. The molecule has 0 amide bonds. The maximum atomic E-state index is 5.43. The van der Waals surface area contributed by atoms with E-state index in [1.165, 1.54) is 18.4 Å². The van der Waals surface area contributed by atoms with E-state index in [0.717, 1.165) is 12.2 Å². The second kappa shape index (κ2) is 5.51. The van der Waals surface area contributed by atoms with Crippen molar-refractivity contribution in [3.05, 3.63) is 29.8 Å². The average Bonchev–Trinajstić information content (AvgIpc) is 2.29. The molecule has 2 heteroatoms. The molecule has 0 heterocycles. The van der Waals surface area contributed by atoms with E-state index in [9.17, 15) is 0 Å². The lowest BCUT2D eigenvalue weighted by Crippen LogP contribution is -2.17. The zero-order valence-corrected chi connectivity index (χ0v) is 11.1. The smallest absolute Gasteiger partial charge is 0.122 e. The maximum Gasteiger partial charge on any atom is 0.122 e. The highest BCUT2D eigenvalue weighted by Gasteiger charge is 2.26. The molecule has 0 radical (unpaired) electrons. The van der Waals surface area contributed by atoms with Gasteiger partial charge >= 0.3 is 0 Å². The summed E-state index contributed by atoms with van der Waals surface area (Å²) >= 11 is 0. The Morgan fingerprint density at radius 2 is 1.93 bits per heavy atom. The quantitative estimate of drug-likeness (QED) is 0.687. The molecule has 0 spiro atoms. The Hall–Kier alpha value is -0.550. The molecule has 1 rings (SSSR count). The normalized spacial score (nSPS) is 14.7. The zero-order valence-electron chi connectivity index (χ0n) is 9.92. The van der Waals surface area contributed by atoms with Gasteiger partial charge in [-0.05, 0) is 18.9 Å². The molecule has 0 aliphatic rings. The topological polar surface area (TPSA) is 9.23 Å². The van der Waals surface area contributed by atoms with Crippen molar-refractivity contribution in [3.63, 3.8) is 0 Å². The summed E-state index contributed by atoms with van der Waals surface area (Å²) in [6.45, 7) is 4.46. The molecule has 0 saturated heterocycles.